The molecular weight excluding hydrogens is 372 g/mol. The van der Waals surface area contributed by atoms with Crippen molar-refractivity contribution in [3.8, 4) is 5.75 Å². The molecule has 0 saturated carbocycles. The van der Waals surface area contributed by atoms with E-state index in [9.17, 15) is 4.79 Å². The maximum Gasteiger partial charge on any atom is 0.323 e. The van der Waals surface area contributed by atoms with Gasteiger partial charge in [0, 0.05) is 5.75 Å². The molecule has 0 aliphatic carbocycles. The number of benzene rings is 2. The first-order valence-corrected chi connectivity index (χ1v) is 9.03. The van der Waals surface area contributed by atoms with Crippen LogP contribution in [-0.2, 0) is 11.3 Å². The number of carbonyl (C=O) groups is 1. The Morgan fingerprint density at radius 2 is 1.96 bits per heavy atom. The lowest BCUT2D eigenvalue weighted by Crippen LogP contribution is -2.10. The van der Waals surface area contributed by atoms with Crippen molar-refractivity contribution in [2.45, 2.75) is 25.5 Å². The molecule has 0 saturated heterocycles. The molecule has 0 radical (unpaired) electrons. The van der Waals surface area contributed by atoms with Crippen molar-refractivity contribution >= 4 is 41.2 Å². The van der Waals surface area contributed by atoms with Crippen LogP contribution in [0.2, 0.25) is 0 Å². The minimum atomic E-state index is -0.878. The highest BCUT2D eigenvalue weighted by Gasteiger charge is 2.13. The van der Waals surface area contributed by atoms with Gasteiger partial charge in [-0.05, 0) is 43.2 Å². The number of aliphatic carboxylic acids is 1. The number of imidazole rings is 1. The Bertz CT molecular complexity index is 911. The fourth-order valence-corrected chi connectivity index (χ4v) is 3.45. The molecule has 138 valence electrons. The minimum absolute atomic E-state index is 0. The molecule has 5 nitrogen and oxygen atoms in total. The molecule has 3 aromatic rings. The van der Waals surface area contributed by atoms with Gasteiger partial charge >= 0.3 is 5.97 Å². The van der Waals surface area contributed by atoms with E-state index in [-0.39, 0.29) is 19.0 Å². The second kappa shape index (κ2) is 8.96. The van der Waals surface area contributed by atoms with Crippen molar-refractivity contribution in [2.24, 2.45) is 0 Å². The Kier molecular flexibility index (Phi) is 6.94. The van der Waals surface area contributed by atoms with Gasteiger partial charge in [0.25, 0.3) is 0 Å². The molecule has 26 heavy (non-hydrogen) atoms. The standard InChI is InChI=1S/C19H20N2O3S.ClH/c1-13-6-5-9-17(14(13)2)24-10-11-25-19-20-15-7-3-4-8-16(15)21(19)12-18(22)23;/h3-9H,10-12H2,1-2H3,(H,22,23);1H. The first kappa shape index (κ1) is 20.1. The van der Waals surface area contributed by atoms with Gasteiger partial charge in [-0.1, -0.05) is 36.0 Å². The van der Waals surface area contributed by atoms with Crippen LogP contribution in [0.25, 0.3) is 11.0 Å². The van der Waals surface area contributed by atoms with E-state index < -0.39 is 5.97 Å². The molecule has 1 N–H and O–H groups in total. The molecule has 7 heteroatoms. The van der Waals surface area contributed by atoms with Crippen LogP contribution in [0.3, 0.4) is 0 Å². The van der Waals surface area contributed by atoms with Crippen LogP contribution in [0.5, 0.6) is 5.75 Å². The van der Waals surface area contributed by atoms with Gasteiger partial charge in [0.2, 0.25) is 0 Å². The summed E-state index contributed by atoms with van der Waals surface area (Å²) in [5.74, 6) is 0.701. The Morgan fingerprint density at radius 1 is 1.19 bits per heavy atom. The second-order valence-electron chi connectivity index (χ2n) is 5.76. The van der Waals surface area contributed by atoms with Gasteiger partial charge in [-0.2, -0.15) is 0 Å². The summed E-state index contributed by atoms with van der Waals surface area (Å²) in [6, 6.07) is 13.6. The maximum absolute atomic E-state index is 11.2. The van der Waals surface area contributed by atoms with Crippen molar-refractivity contribution in [3.63, 3.8) is 0 Å². The number of fused-ring (bicyclic) bond motifs is 1. The fraction of sp³-hybridized carbons (Fsp3) is 0.263. The van der Waals surface area contributed by atoms with Gasteiger partial charge in [0.05, 0.1) is 17.6 Å². The molecule has 0 unspecified atom stereocenters. The van der Waals surface area contributed by atoms with E-state index in [1.165, 1.54) is 17.3 Å². The molecule has 0 spiro atoms. The van der Waals surface area contributed by atoms with Crippen LogP contribution in [-0.4, -0.2) is 33.0 Å². The Balaban J connectivity index is 0.00000243. The minimum Gasteiger partial charge on any atom is -0.492 e. The van der Waals surface area contributed by atoms with Gasteiger partial charge in [-0.3, -0.25) is 4.79 Å². The molecule has 1 heterocycles. The third-order valence-corrected chi connectivity index (χ3v) is 4.98. The third kappa shape index (κ3) is 4.51. The van der Waals surface area contributed by atoms with Crippen molar-refractivity contribution in [1.29, 1.82) is 0 Å². The normalized spacial score (nSPS) is 10.5. The van der Waals surface area contributed by atoms with Gasteiger partial charge in [-0.15, -0.1) is 12.4 Å². The van der Waals surface area contributed by atoms with Crippen LogP contribution < -0.4 is 4.74 Å². The number of thioether (sulfide) groups is 1. The zero-order valence-electron chi connectivity index (χ0n) is 14.6. The Labute approximate surface area is 162 Å². The van der Waals surface area contributed by atoms with Crippen molar-refractivity contribution in [3.05, 3.63) is 53.6 Å². The van der Waals surface area contributed by atoms with E-state index in [4.69, 9.17) is 9.84 Å². The lowest BCUT2D eigenvalue weighted by atomic mass is 10.1. The summed E-state index contributed by atoms with van der Waals surface area (Å²) in [5, 5.41) is 9.87. The van der Waals surface area contributed by atoms with E-state index >= 15 is 0 Å². The molecule has 0 bridgehead atoms. The second-order valence-corrected chi connectivity index (χ2v) is 6.82. The zero-order chi connectivity index (χ0) is 17.8. The van der Waals surface area contributed by atoms with E-state index in [1.807, 2.05) is 43.3 Å². The Morgan fingerprint density at radius 3 is 2.73 bits per heavy atom. The van der Waals surface area contributed by atoms with Gasteiger partial charge in [-0.25, -0.2) is 4.98 Å². The number of hydrogen-bond acceptors (Lipinski definition) is 4. The van der Waals surface area contributed by atoms with Gasteiger partial charge in [0.15, 0.2) is 5.16 Å². The first-order chi connectivity index (χ1) is 12.1. The number of hydrogen-bond donors (Lipinski definition) is 1. The van der Waals surface area contributed by atoms with Crippen LogP contribution in [0, 0.1) is 13.8 Å². The van der Waals surface area contributed by atoms with Crippen LogP contribution in [0.1, 0.15) is 11.1 Å². The maximum atomic E-state index is 11.2. The molecular formula is C19H21ClN2O3S. The topological polar surface area (TPSA) is 64.4 Å². The van der Waals surface area contributed by atoms with E-state index in [0.29, 0.717) is 17.5 Å². The predicted octanol–water partition coefficient (Wildman–Crippen LogP) is 4.33. The van der Waals surface area contributed by atoms with Crippen molar-refractivity contribution in [1.82, 2.24) is 9.55 Å². The van der Waals surface area contributed by atoms with Crippen LogP contribution in [0.15, 0.2) is 47.6 Å². The summed E-state index contributed by atoms with van der Waals surface area (Å²) in [4.78, 5) is 15.7. The molecule has 0 amide bonds. The number of rotatable bonds is 7. The summed E-state index contributed by atoms with van der Waals surface area (Å²) in [7, 11) is 0. The smallest absolute Gasteiger partial charge is 0.323 e. The summed E-state index contributed by atoms with van der Waals surface area (Å²) in [5.41, 5.74) is 3.99. The van der Waals surface area contributed by atoms with E-state index in [2.05, 4.69) is 18.0 Å². The zero-order valence-corrected chi connectivity index (χ0v) is 16.3. The monoisotopic (exact) mass is 392 g/mol. The van der Waals surface area contributed by atoms with Crippen LogP contribution >= 0.6 is 24.2 Å². The lowest BCUT2D eigenvalue weighted by molar-refractivity contribution is -0.137. The number of ether oxygens (including phenoxy) is 1. The lowest BCUT2D eigenvalue weighted by Gasteiger charge is -2.11. The summed E-state index contributed by atoms with van der Waals surface area (Å²) in [6.07, 6.45) is 0. The fourth-order valence-electron chi connectivity index (χ4n) is 2.62. The number of nitrogens with zero attached hydrogens (tertiary/aromatic N) is 2. The number of aromatic nitrogens is 2. The van der Waals surface area contributed by atoms with Gasteiger partial charge in [0.1, 0.15) is 12.3 Å². The average molecular weight is 393 g/mol. The van der Waals surface area contributed by atoms with Crippen molar-refractivity contribution < 1.29 is 14.6 Å². The Hall–Kier alpha value is -2.18. The highest BCUT2D eigenvalue weighted by Crippen LogP contribution is 2.25. The summed E-state index contributed by atoms with van der Waals surface area (Å²) >= 11 is 1.51. The molecule has 1 aromatic heterocycles. The quantitative estimate of drug-likeness (QED) is 0.479. The van der Waals surface area contributed by atoms with Crippen molar-refractivity contribution in [2.75, 3.05) is 12.4 Å². The molecule has 0 aliphatic rings. The molecule has 3 rings (SSSR count). The number of carboxylic acids is 1. The van der Waals surface area contributed by atoms with E-state index in [1.54, 1.807) is 4.57 Å². The third-order valence-electron chi connectivity index (χ3n) is 4.04. The predicted molar refractivity (Wildman–Crippen MR) is 107 cm³/mol. The number of carboxylic acid groups (broad SMARTS) is 1. The summed E-state index contributed by atoms with van der Waals surface area (Å²) in [6.45, 7) is 4.54. The van der Waals surface area contributed by atoms with Gasteiger partial charge < -0.3 is 14.4 Å². The highest BCUT2D eigenvalue weighted by atomic mass is 35.5. The first-order valence-electron chi connectivity index (χ1n) is 8.05. The molecule has 0 aliphatic heterocycles. The molecule has 0 atom stereocenters. The molecule has 2 aromatic carbocycles. The number of aryl methyl sites for hydroxylation is 1. The van der Waals surface area contributed by atoms with E-state index in [0.717, 1.165) is 22.3 Å². The SMILES string of the molecule is Cc1cccc(OCCSc2nc3ccccc3n2CC(=O)O)c1C.Cl. The largest absolute Gasteiger partial charge is 0.492 e. The number of para-hydroxylation sites is 2. The average Bonchev–Trinajstić information content (AvgIpc) is 2.92. The molecule has 0 fully saturated rings. The summed E-state index contributed by atoms with van der Waals surface area (Å²) < 4.78 is 7.60. The highest BCUT2D eigenvalue weighted by molar-refractivity contribution is 7.99. The number of halogens is 1. The van der Waals surface area contributed by atoms with Crippen LogP contribution in [0.4, 0.5) is 0 Å².